The van der Waals surface area contributed by atoms with Gasteiger partial charge in [-0.2, -0.15) is 23.5 Å². The van der Waals surface area contributed by atoms with Crippen LogP contribution < -0.4 is 21.7 Å². The fourth-order valence-electron chi connectivity index (χ4n) is 4.53. The SMILES string of the molecule is CSCCC(NC(=O)C(Cc1c[nH]c2ccccc12)NC(=O)C(CCSC)NC(=O)C(N)Cc1ccc(O)cc1)C(=O)O. The van der Waals surface area contributed by atoms with Gasteiger partial charge in [0.1, 0.15) is 23.9 Å². The van der Waals surface area contributed by atoms with Gasteiger partial charge in [0, 0.05) is 23.5 Å². The lowest BCUT2D eigenvalue weighted by Crippen LogP contribution is -2.58. The van der Waals surface area contributed by atoms with Crippen LogP contribution in [0.15, 0.2) is 54.7 Å². The number of phenolic OH excluding ortho intramolecular Hbond substituents is 1. The fraction of sp³-hybridized carbons (Fsp3) is 0.400. The number of aromatic amines is 1. The van der Waals surface area contributed by atoms with Crippen molar-refractivity contribution in [1.82, 2.24) is 20.9 Å². The number of nitrogens with one attached hydrogen (secondary N) is 4. The molecule has 3 amide bonds. The number of phenols is 1. The molecule has 2 aromatic carbocycles. The van der Waals surface area contributed by atoms with Crippen LogP contribution in [0, 0.1) is 0 Å². The summed E-state index contributed by atoms with van der Waals surface area (Å²) < 4.78 is 0. The van der Waals surface area contributed by atoms with Crippen LogP contribution in [0.4, 0.5) is 0 Å². The Kier molecular flexibility index (Phi) is 13.2. The molecule has 1 aromatic heterocycles. The Morgan fingerprint density at radius 1 is 0.814 bits per heavy atom. The van der Waals surface area contributed by atoms with Crippen molar-refractivity contribution in [3.8, 4) is 5.75 Å². The van der Waals surface area contributed by atoms with Gasteiger partial charge in [0.2, 0.25) is 17.7 Å². The summed E-state index contributed by atoms with van der Waals surface area (Å²) in [5, 5.41) is 28.1. The summed E-state index contributed by atoms with van der Waals surface area (Å²) in [5.41, 5.74) is 8.52. The maximum absolute atomic E-state index is 13.6. The number of aliphatic carboxylic acids is 1. The molecule has 3 rings (SSSR count). The molecule has 0 aliphatic carbocycles. The number of amides is 3. The quantitative estimate of drug-likeness (QED) is 0.117. The Balaban J connectivity index is 1.79. The lowest BCUT2D eigenvalue weighted by Gasteiger charge is -2.25. The Morgan fingerprint density at radius 2 is 1.40 bits per heavy atom. The van der Waals surface area contributed by atoms with E-state index in [2.05, 4.69) is 20.9 Å². The van der Waals surface area contributed by atoms with Crippen molar-refractivity contribution in [3.05, 3.63) is 65.9 Å². The van der Waals surface area contributed by atoms with Gasteiger partial charge in [0.25, 0.3) is 0 Å². The van der Waals surface area contributed by atoms with Crippen molar-refractivity contribution in [1.29, 1.82) is 0 Å². The van der Waals surface area contributed by atoms with Crippen molar-refractivity contribution < 1.29 is 29.4 Å². The first kappa shape index (κ1) is 33.8. The number of carbonyl (C=O) groups excluding carboxylic acids is 3. The van der Waals surface area contributed by atoms with Crippen LogP contribution in [-0.2, 0) is 32.0 Å². The van der Waals surface area contributed by atoms with Crippen LogP contribution in [0.1, 0.15) is 24.0 Å². The molecule has 3 aromatic rings. The van der Waals surface area contributed by atoms with Crippen LogP contribution >= 0.6 is 23.5 Å². The molecule has 0 fully saturated rings. The molecular weight excluding hydrogens is 590 g/mol. The molecule has 0 saturated carbocycles. The van der Waals surface area contributed by atoms with Crippen LogP contribution in [0.25, 0.3) is 10.9 Å². The highest BCUT2D eigenvalue weighted by Crippen LogP contribution is 2.20. The Labute approximate surface area is 259 Å². The van der Waals surface area contributed by atoms with Gasteiger partial charge in [0.05, 0.1) is 6.04 Å². The predicted molar refractivity (Wildman–Crippen MR) is 171 cm³/mol. The number of para-hydroxylation sites is 1. The first-order valence-electron chi connectivity index (χ1n) is 13.8. The molecule has 0 bridgehead atoms. The number of H-pyrrole nitrogens is 1. The zero-order valence-corrected chi connectivity index (χ0v) is 25.8. The summed E-state index contributed by atoms with van der Waals surface area (Å²) in [4.78, 5) is 55.1. The number of nitrogens with two attached hydrogens (primary N) is 1. The van der Waals surface area contributed by atoms with E-state index in [1.54, 1.807) is 18.3 Å². The molecule has 0 saturated heterocycles. The van der Waals surface area contributed by atoms with Gasteiger partial charge in [-0.25, -0.2) is 4.79 Å². The highest BCUT2D eigenvalue weighted by atomic mass is 32.2. The molecule has 13 heteroatoms. The Hall–Kier alpha value is -3.68. The summed E-state index contributed by atoms with van der Waals surface area (Å²) in [6, 6.07) is 9.72. The number of benzene rings is 2. The van der Waals surface area contributed by atoms with Gasteiger partial charge in [-0.1, -0.05) is 30.3 Å². The van der Waals surface area contributed by atoms with Gasteiger partial charge in [0.15, 0.2) is 0 Å². The van der Waals surface area contributed by atoms with E-state index in [1.807, 2.05) is 36.8 Å². The maximum atomic E-state index is 13.6. The third-order valence-corrected chi connectivity index (χ3v) is 8.22. The molecule has 232 valence electrons. The van der Waals surface area contributed by atoms with E-state index in [-0.39, 0.29) is 31.4 Å². The first-order valence-corrected chi connectivity index (χ1v) is 16.6. The minimum Gasteiger partial charge on any atom is -0.508 e. The number of thioether (sulfide) groups is 2. The summed E-state index contributed by atoms with van der Waals surface area (Å²) >= 11 is 2.97. The molecule has 4 atom stereocenters. The number of hydrogen-bond donors (Lipinski definition) is 7. The maximum Gasteiger partial charge on any atom is 0.326 e. The normalized spacial score (nSPS) is 13.9. The van der Waals surface area contributed by atoms with E-state index in [0.717, 1.165) is 22.0 Å². The summed E-state index contributed by atoms with van der Waals surface area (Å²) in [5.74, 6) is -1.71. The van der Waals surface area contributed by atoms with Gasteiger partial charge in [-0.05, 0) is 72.6 Å². The number of aromatic hydroxyl groups is 1. The molecule has 0 radical (unpaired) electrons. The van der Waals surface area contributed by atoms with Crippen molar-refractivity contribution in [2.24, 2.45) is 5.73 Å². The van der Waals surface area contributed by atoms with Crippen LogP contribution in [0.5, 0.6) is 5.75 Å². The second-order valence-corrected chi connectivity index (χ2v) is 12.1. The van der Waals surface area contributed by atoms with E-state index in [1.165, 1.54) is 35.7 Å². The predicted octanol–water partition coefficient (Wildman–Crippen LogP) is 2.03. The molecule has 8 N–H and O–H groups in total. The van der Waals surface area contributed by atoms with Gasteiger partial charge in [-0.15, -0.1) is 0 Å². The van der Waals surface area contributed by atoms with Crippen molar-refractivity contribution in [2.75, 3.05) is 24.0 Å². The zero-order chi connectivity index (χ0) is 31.4. The largest absolute Gasteiger partial charge is 0.508 e. The highest BCUT2D eigenvalue weighted by molar-refractivity contribution is 7.98. The van der Waals surface area contributed by atoms with E-state index in [4.69, 9.17) is 5.73 Å². The third-order valence-electron chi connectivity index (χ3n) is 6.93. The molecular formula is C30H39N5O6S2. The average Bonchev–Trinajstić information content (AvgIpc) is 3.40. The van der Waals surface area contributed by atoms with Crippen molar-refractivity contribution in [3.63, 3.8) is 0 Å². The van der Waals surface area contributed by atoms with Gasteiger partial charge in [-0.3, -0.25) is 14.4 Å². The first-order chi connectivity index (χ1) is 20.6. The van der Waals surface area contributed by atoms with E-state index >= 15 is 0 Å². The lowest BCUT2D eigenvalue weighted by atomic mass is 10.0. The Morgan fingerprint density at radius 3 is 2.05 bits per heavy atom. The third kappa shape index (κ3) is 10.2. The molecule has 1 heterocycles. The number of carboxylic acid groups (broad SMARTS) is 1. The van der Waals surface area contributed by atoms with Crippen LogP contribution in [0.2, 0.25) is 0 Å². The number of hydrogen-bond acceptors (Lipinski definition) is 8. The molecule has 0 aliphatic heterocycles. The van der Waals surface area contributed by atoms with Crippen molar-refractivity contribution >= 4 is 58.1 Å². The highest BCUT2D eigenvalue weighted by Gasteiger charge is 2.31. The lowest BCUT2D eigenvalue weighted by molar-refractivity contribution is -0.142. The number of aromatic nitrogens is 1. The summed E-state index contributed by atoms with van der Waals surface area (Å²) in [6.45, 7) is 0. The number of carbonyl (C=O) groups is 4. The number of carboxylic acids is 1. The summed E-state index contributed by atoms with van der Waals surface area (Å²) in [7, 11) is 0. The van der Waals surface area contributed by atoms with E-state index in [0.29, 0.717) is 11.5 Å². The second kappa shape index (κ2) is 16.8. The minimum absolute atomic E-state index is 0.0972. The monoisotopic (exact) mass is 629 g/mol. The smallest absolute Gasteiger partial charge is 0.326 e. The van der Waals surface area contributed by atoms with Gasteiger partial charge >= 0.3 is 5.97 Å². The van der Waals surface area contributed by atoms with E-state index < -0.39 is 47.9 Å². The fourth-order valence-corrected chi connectivity index (χ4v) is 5.47. The number of fused-ring (bicyclic) bond motifs is 1. The summed E-state index contributed by atoms with van der Waals surface area (Å²) in [6.07, 6.45) is 6.29. The average molecular weight is 630 g/mol. The van der Waals surface area contributed by atoms with Crippen LogP contribution in [0.3, 0.4) is 0 Å². The van der Waals surface area contributed by atoms with Crippen molar-refractivity contribution in [2.45, 2.75) is 49.9 Å². The van der Waals surface area contributed by atoms with Gasteiger partial charge < -0.3 is 36.9 Å². The van der Waals surface area contributed by atoms with E-state index in [9.17, 15) is 29.4 Å². The Bertz CT molecular complexity index is 1380. The molecule has 11 nitrogen and oxygen atoms in total. The second-order valence-electron chi connectivity index (χ2n) is 10.1. The topological polar surface area (TPSA) is 187 Å². The molecule has 43 heavy (non-hydrogen) atoms. The zero-order valence-electron chi connectivity index (χ0n) is 24.2. The molecule has 4 unspecified atom stereocenters. The minimum atomic E-state index is -1.16. The number of rotatable bonds is 17. The molecule has 0 spiro atoms. The molecule has 0 aliphatic rings. The standard InChI is InChI=1S/C30H39N5O6S2/c1-42-13-11-24(33-27(37)22(31)15-18-7-9-20(36)10-8-18)28(38)35-26(29(39)34-25(30(40)41)12-14-43-2)16-19-17-32-23-6-4-3-5-21(19)23/h3-10,17,22,24-26,32,36H,11-16,31H2,1-2H3,(H,33,37)(H,34,39)(H,35,38)(H,40,41). The van der Waals surface area contributed by atoms with Crippen LogP contribution in [-0.4, -0.2) is 87.1 Å².